The summed E-state index contributed by atoms with van der Waals surface area (Å²) in [6, 6.07) is 15.0. The number of hydrogen-bond acceptors (Lipinski definition) is 4. The molecule has 0 saturated carbocycles. The van der Waals surface area contributed by atoms with E-state index < -0.39 is 0 Å². The van der Waals surface area contributed by atoms with Crippen LogP contribution in [0.5, 0.6) is 11.5 Å². The lowest BCUT2D eigenvalue weighted by molar-refractivity contribution is 0.347. The molecule has 4 heteroatoms. The molecule has 2 aromatic carbocycles. The molecule has 0 unspecified atom stereocenters. The summed E-state index contributed by atoms with van der Waals surface area (Å²) in [5.74, 6) is 1.55. The second-order valence-electron chi connectivity index (χ2n) is 3.77. The summed E-state index contributed by atoms with van der Waals surface area (Å²) in [5.41, 5.74) is 7.29. The Labute approximate surface area is 106 Å². The first kappa shape index (κ1) is 12.1. The summed E-state index contributed by atoms with van der Waals surface area (Å²) >= 11 is 0. The predicted octanol–water partition coefficient (Wildman–Crippen LogP) is 2.73. The molecule has 4 nitrogen and oxygen atoms in total. The fourth-order valence-corrected chi connectivity index (χ4v) is 1.54. The molecule has 0 aliphatic heterocycles. The Morgan fingerprint density at radius 3 is 2.61 bits per heavy atom. The highest BCUT2D eigenvalue weighted by Crippen LogP contribution is 2.17. The van der Waals surface area contributed by atoms with Crippen molar-refractivity contribution >= 4 is 11.4 Å². The topological polar surface area (TPSA) is 56.5 Å². The number of anilines is 2. The van der Waals surface area contributed by atoms with Gasteiger partial charge in [-0.1, -0.05) is 12.1 Å². The van der Waals surface area contributed by atoms with Crippen LogP contribution in [0, 0.1) is 0 Å². The highest BCUT2D eigenvalue weighted by atomic mass is 16.5. The molecule has 94 valence electrons. The molecule has 3 N–H and O–H groups in total. The van der Waals surface area contributed by atoms with Gasteiger partial charge >= 0.3 is 0 Å². The van der Waals surface area contributed by atoms with E-state index >= 15 is 0 Å². The van der Waals surface area contributed by atoms with Gasteiger partial charge in [0.25, 0.3) is 0 Å². The van der Waals surface area contributed by atoms with Crippen molar-refractivity contribution in [3.05, 3.63) is 48.5 Å². The van der Waals surface area contributed by atoms with E-state index in [0.29, 0.717) is 12.4 Å². The molecule has 0 fully saturated rings. The van der Waals surface area contributed by atoms with Gasteiger partial charge in [-0.15, -0.1) is 0 Å². The maximum atomic E-state index is 5.66. The molecular formula is C14H16N2O2. The van der Waals surface area contributed by atoms with Gasteiger partial charge in [-0.05, 0) is 24.3 Å². The van der Waals surface area contributed by atoms with Crippen molar-refractivity contribution in [1.82, 2.24) is 0 Å². The van der Waals surface area contributed by atoms with Crippen LogP contribution in [0.1, 0.15) is 0 Å². The van der Waals surface area contributed by atoms with Gasteiger partial charge in [0.15, 0.2) is 6.73 Å². The van der Waals surface area contributed by atoms with E-state index in [-0.39, 0.29) is 0 Å². The van der Waals surface area contributed by atoms with Crippen molar-refractivity contribution in [3.8, 4) is 11.5 Å². The Hall–Kier alpha value is -2.36. The molecule has 0 saturated heterocycles. The van der Waals surface area contributed by atoms with E-state index in [9.17, 15) is 0 Å². The van der Waals surface area contributed by atoms with Crippen LogP contribution in [0.3, 0.4) is 0 Å². The van der Waals surface area contributed by atoms with Crippen molar-refractivity contribution in [2.45, 2.75) is 0 Å². The average molecular weight is 244 g/mol. The fourth-order valence-electron chi connectivity index (χ4n) is 1.54. The molecule has 0 aliphatic rings. The van der Waals surface area contributed by atoms with E-state index in [2.05, 4.69) is 5.32 Å². The Bertz CT molecular complexity index is 515. The van der Waals surface area contributed by atoms with E-state index in [0.717, 1.165) is 17.2 Å². The van der Waals surface area contributed by atoms with Gasteiger partial charge in [0, 0.05) is 23.5 Å². The maximum absolute atomic E-state index is 5.66. The molecule has 2 aromatic rings. The van der Waals surface area contributed by atoms with Crippen LogP contribution in [0.25, 0.3) is 0 Å². The largest absolute Gasteiger partial charge is 0.497 e. The molecule has 0 amide bonds. The van der Waals surface area contributed by atoms with Crippen molar-refractivity contribution in [3.63, 3.8) is 0 Å². The van der Waals surface area contributed by atoms with Crippen LogP contribution in [0.2, 0.25) is 0 Å². The standard InChI is InChI=1S/C14H16N2O2/c1-17-13-6-3-5-12(9-13)16-10-18-14-7-2-4-11(15)8-14/h2-9,16H,10,15H2,1H3. The predicted molar refractivity (Wildman–Crippen MR) is 73.0 cm³/mol. The van der Waals surface area contributed by atoms with Crippen LogP contribution in [0.15, 0.2) is 48.5 Å². The van der Waals surface area contributed by atoms with Gasteiger partial charge in [0.1, 0.15) is 11.5 Å². The molecule has 0 bridgehead atoms. The van der Waals surface area contributed by atoms with Gasteiger partial charge in [-0.3, -0.25) is 0 Å². The first-order valence-electron chi connectivity index (χ1n) is 5.64. The maximum Gasteiger partial charge on any atom is 0.159 e. The van der Waals surface area contributed by atoms with Crippen LogP contribution in [-0.4, -0.2) is 13.8 Å². The van der Waals surface area contributed by atoms with Gasteiger partial charge in [-0.2, -0.15) is 0 Å². The third-order valence-electron chi connectivity index (χ3n) is 2.44. The quantitative estimate of drug-likeness (QED) is 0.627. The molecule has 0 spiro atoms. The van der Waals surface area contributed by atoms with Gasteiger partial charge in [-0.25, -0.2) is 0 Å². The van der Waals surface area contributed by atoms with E-state index in [1.807, 2.05) is 42.5 Å². The highest BCUT2D eigenvalue weighted by molar-refractivity contribution is 5.48. The minimum Gasteiger partial charge on any atom is -0.497 e. The highest BCUT2D eigenvalue weighted by Gasteiger charge is 1.96. The second-order valence-corrected chi connectivity index (χ2v) is 3.77. The molecule has 0 atom stereocenters. The number of methoxy groups -OCH3 is 1. The zero-order valence-electron chi connectivity index (χ0n) is 10.2. The van der Waals surface area contributed by atoms with Crippen LogP contribution < -0.4 is 20.5 Å². The SMILES string of the molecule is COc1cccc(NCOc2cccc(N)c2)c1. The number of nitrogens with two attached hydrogens (primary N) is 1. The molecule has 0 aromatic heterocycles. The van der Waals surface area contributed by atoms with Gasteiger partial charge in [0.2, 0.25) is 0 Å². The summed E-state index contributed by atoms with van der Waals surface area (Å²) in [6.45, 7) is 0.372. The summed E-state index contributed by atoms with van der Waals surface area (Å²) < 4.78 is 10.7. The van der Waals surface area contributed by atoms with Crippen molar-refractivity contribution in [2.75, 3.05) is 24.9 Å². The smallest absolute Gasteiger partial charge is 0.159 e. The number of nitrogen functional groups attached to an aromatic ring is 1. The third-order valence-corrected chi connectivity index (χ3v) is 2.44. The molecule has 0 heterocycles. The Balaban J connectivity index is 1.88. The van der Waals surface area contributed by atoms with Crippen molar-refractivity contribution < 1.29 is 9.47 Å². The molecule has 18 heavy (non-hydrogen) atoms. The fraction of sp³-hybridized carbons (Fsp3) is 0.143. The van der Waals surface area contributed by atoms with E-state index in [1.54, 1.807) is 13.2 Å². The second kappa shape index (κ2) is 5.82. The number of hydrogen-bond donors (Lipinski definition) is 2. The average Bonchev–Trinajstić information content (AvgIpc) is 2.39. The van der Waals surface area contributed by atoms with Crippen molar-refractivity contribution in [2.24, 2.45) is 0 Å². The van der Waals surface area contributed by atoms with Crippen LogP contribution in [0.4, 0.5) is 11.4 Å². The normalized spacial score (nSPS) is 9.83. The Morgan fingerprint density at radius 2 is 1.83 bits per heavy atom. The zero-order chi connectivity index (χ0) is 12.8. The first-order valence-corrected chi connectivity index (χ1v) is 5.64. The number of benzene rings is 2. The number of nitrogens with one attached hydrogen (secondary N) is 1. The van der Waals surface area contributed by atoms with Crippen LogP contribution in [-0.2, 0) is 0 Å². The molecule has 0 radical (unpaired) electrons. The van der Waals surface area contributed by atoms with Gasteiger partial charge < -0.3 is 20.5 Å². The Morgan fingerprint density at radius 1 is 1.06 bits per heavy atom. The minimum atomic E-state index is 0.372. The third kappa shape index (κ3) is 3.31. The Kier molecular flexibility index (Phi) is 3.91. The lowest BCUT2D eigenvalue weighted by Crippen LogP contribution is -2.08. The lowest BCUT2D eigenvalue weighted by atomic mass is 10.3. The lowest BCUT2D eigenvalue weighted by Gasteiger charge is -2.10. The molecule has 2 rings (SSSR count). The summed E-state index contributed by atoms with van der Waals surface area (Å²) in [4.78, 5) is 0. The van der Waals surface area contributed by atoms with E-state index in [1.165, 1.54) is 0 Å². The molecular weight excluding hydrogens is 228 g/mol. The zero-order valence-corrected chi connectivity index (χ0v) is 10.2. The summed E-state index contributed by atoms with van der Waals surface area (Å²) in [7, 11) is 1.64. The number of rotatable bonds is 5. The van der Waals surface area contributed by atoms with Crippen molar-refractivity contribution in [1.29, 1.82) is 0 Å². The van der Waals surface area contributed by atoms with E-state index in [4.69, 9.17) is 15.2 Å². The summed E-state index contributed by atoms with van der Waals surface area (Å²) in [5, 5.41) is 3.14. The number of ether oxygens (including phenoxy) is 2. The minimum absolute atomic E-state index is 0.372. The van der Waals surface area contributed by atoms with Gasteiger partial charge in [0.05, 0.1) is 7.11 Å². The summed E-state index contributed by atoms with van der Waals surface area (Å²) in [6.07, 6.45) is 0. The first-order chi connectivity index (χ1) is 8.78. The monoisotopic (exact) mass is 244 g/mol. The molecule has 0 aliphatic carbocycles. The van der Waals surface area contributed by atoms with Crippen LogP contribution >= 0.6 is 0 Å².